The molecule has 2 nitrogen and oxygen atoms in total. The smallest absolute Gasteiger partial charge is 0.0236 e. The van der Waals surface area contributed by atoms with Gasteiger partial charge in [0.05, 0.1) is 0 Å². The summed E-state index contributed by atoms with van der Waals surface area (Å²) in [4.78, 5) is 2.61. The summed E-state index contributed by atoms with van der Waals surface area (Å²) in [5.41, 5.74) is 3.09. The fourth-order valence-corrected chi connectivity index (χ4v) is 3.05. The van der Waals surface area contributed by atoms with Crippen molar-refractivity contribution in [2.75, 3.05) is 19.6 Å². The van der Waals surface area contributed by atoms with E-state index in [0.717, 1.165) is 13.1 Å². The first-order chi connectivity index (χ1) is 9.33. The van der Waals surface area contributed by atoms with E-state index in [-0.39, 0.29) is 0 Å². The second kappa shape index (κ2) is 7.66. The monoisotopic (exact) mass is 260 g/mol. The molecule has 1 atom stereocenters. The lowest BCUT2D eigenvalue weighted by atomic mass is 9.99. The number of nitrogens with zero attached hydrogens (tertiary/aromatic N) is 1. The van der Waals surface area contributed by atoms with Gasteiger partial charge in [-0.15, -0.1) is 0 Å². The van der Waals surface area contributed by atoms with Gasteiger partial charge in [0.15, 0.2) is 0 Å². The first kappa shape index (κ1) is 14.5. The Labute approximate surface area is 118 Å². The van der Waals surface area contributed by atoms with Crippen molar-refractivity contribution >= 4 is 0 Å². The van der Waals surface area contributed by atoms with E-state index in [1.807, 2.05) is 0 Å². The Balaban J connectivity index is 1.73. The van der Waals surface area contributed by atoms with Crippen molar-refractivity contribution in [2.24, 2.45) is 0 Å². The average molecular weight is 260 g/mol. The highest BCUT2D eigenvalue weighted by molar-refractivity contribution is 5.28. The molecule has 106 valence electrons. The minimum atomic E-state index is 0.710. The largest absolute Gasteiger partial charge is 0.314 e. The zero-order valence-electron chi connectivity index (χ0n) is 12.5. The van der Waals surface area contributed by atoms with Gasteiger partial charge in [0.25, 0.3) is 0 Å². The second-order valence-electron chi connectivity index (χ2n) is 5.60. The van der Waals surface area contributed by atoms with Crippen LogP contribution >= 0.6 is 0 Å². The fraction of sp³-hybridized carbons (Fsp3) is 0.647. The molecule has 0 fully saturated rings. The van der Waals surface area contributed by atoms with Gasteiger partial charge in [-0.05, 0) is 49.9 Å². The molecular weight excluding hydrogens is 232 g/mol. The van der Waals surface area contributed by atoms with Gasteiger partial charge < -0.3 is 5.32 Å². The van der Waals surface area contributed by atoms with Crippen LogP contribution in [-0.4, -0.2) is 30.6 Å². The molecule has 0 bridgehead atoms. The zero-order chi connectivity index (χ0) is 13.5. The summed E-state index contributed by atoms with van der Waals surface area (Å²) < 4.78 is 0. The third kappa shape index (κ3) is 4.32. The Kier molecular flexibility index (Phi) is 5.87. The van der Waals surface area contributed by atoms with Gasteiger partial charge in [0.1, 0.15) is 0 Å². The minimum absolute atomic E-state index is 0.710. The van der Waals surface area contributed by atoms with Crippen molar-refractivity contribution < 1.29 is 0 Å². The molecule has 1 N–H and O–H groups in total. The van der Waals surface area contributed by atoms with E-state index in [1.54, 1.807) is 5.56 Å². The van der Waals surface area contributed by atoms with Crippen LogP contribution in [0.25, 0.3) is 0 Å². The Morgan fingerprint density at radius 2 is 2.00 bits per heavy atom. The van der Waals surface area contributed by atoms with Gasteiger partial charge >= 0.3 is 0 Å². The van der Waals surface area contributed by atoms with E-state index < -0.39 is 0 Å². The fourth-order valence-electron chi connectivity index (χ4n) is 3.05. The van der Waals surface area contributed by atoms with Gasteiger partial charge in [-0.2, -0.15) is 0 Å². The number of nitrogens with one attached hydrogen (secondary N) is 1. The lowest BCUT2D eigenvalue weighted by Gasteiger charge is -2.29. The highest BCUT2D eigenvalue weighted by Gasteiger charge is 2.15. The van der Waals surface area contributed by atoms with E-state index in [1.165, 1.54) is 44.3 Å². The van der Waals surface area contributed by atoms with Crippen molar-refractivity contribution in [3.8, 4) is 0 Å². The Morgan fingerprint density at radius 3 is 2.74 bits per heavy atom. The van der Waals surface area contributed by atoms with E-state index in [9.17, 15) is 0 Å². The summed E-state index contributed by atoms with van der Waals surface area (Å²) in [6, 6.07) is 9.61. The normalized spacial score (nSPS) is 17.2. The van der Waals surface area contributed by atoms with E-state index >= 15 is 0 Å². The van der Waals surface area contributed by atoms with E-state index in [4.69, 9.17) is 0 Å². The molecule has 1 aromatic carbocycles. The topological polar surface area (TPSA) is 15.3 Å². The summed E-state index contributed by atoms with van der Waals surface area (Å²) >= 11 is 0. The predicted molar refractivity (Wildman–Crippen MR) is 82.4 cm³/mol. The molecule has 0 saturated heterocycles. The van der Waals surface area contributed by atoms with Gasteiger partial charge in [-0.3, -0.25) is 4.90 Å². The molecule has 1 aromatic rings. The maximum Gasteiger partial charge on any atom is 0.0236 e. The number of fused-ring (bicyclic) bond motifs is 1. The third-order valence-electron chi connectivity index (χ3n) is 4.22. The molecule has 0 amide bonds. The van der Waals surface area contributed by atoms with Crippen LogP contribution in [0.5, 0.6) is 0 Å². The van der Waals surface area contributed by atoms with Crippen LogP contribution in [0, 0.1) is 0 Å². The molecule has 1 unspecified atom stereocenters. The van der Waals surface area contributed by atoms with Crippen molar-refractivity contribution in [2.45, 2.75) is 52.1 Å². The van der Waals surface area contributed by atoms with Crippen molar-refractivity contribution in [1.29, 1.82) is 0 Å². The quantitative estimate of drug-likeness (QED) is 0.810. The summed E-state index contributed by atoms with van der Waals surface area (Å²) in [6.07, 6.45) is 5.09. The standard InChI is InChI=1S/C17H28N2/c1-3-17(18-4-2)10-7-12-19-13-11-15-8-5-6-9-16(15)14-19/h5-6,8-9,17-18H,3-4,7,10-14H2,1-2H3. The first-order valence-electron chi connectivity index (χ1n) is 7.86. The van der Waals surface area contributed by atoms with Crippen LogP contribution in [-0.2, 0) is 13.0 Å². The number of benzene rings is 1. The lowest BCUT2D eigenvalue weighted by Crippen LogP contribution is -2.33. The van der Waals surface area contributed by atoms with Gasteiger partial charge in [0.2, 0.25) is 0 Å². The Morgan fingerprint density at radius 1 is 1.21 bits per heavy atom. The molecule has 0 spiro atoms. The molecular formula is C17H28N2. The summed E-state index contributed by atoms with van der Waals surface area (Å²) in [6.45, 7) is 9.20. The van der Waals surface area contributed by atoms with Crippen LogP contribution < -0.4 is 5.32 Å². The first-order valence-corrected chi connectivity index (χ1v) is 7.86. The number of rotatable bonds is 7. The third-order valence-corrected chi connectivity index (χ3v) is 4.22. The molecule has 2 rings (SSSR count). The molecule has 0 aromatic heterocycles. The molecule has 1 aliphatic rings. The molecule has 19 heavy (non-hydrogen) atoms. The van der Waals surface area contributed by atoms with Crippen molar-refractivity contribution in [3.63, 3.8) is 0 Å². The number of hydrogen-bond donors (Lipinski definition) is 1. The maximum atomic E-state index is 3.57. The highest BCUT2D eigenvalue weighted by atomic mass is 15.1. The minimum Gasteiger partial charge on any atom is -0.314 e. The van der Waals surface area contributed by atoms with E-state index in [0.29, 0.717) is 6.04 Å². The van der Waals surface area contributed by atoms with E-state index in [2.05, 4.69) is 48.3 Å². The van der Waals surface area contributed by atoms with Crippen molar-refractivity contribution in [3.05, 3.63) is 35.4 Å². The lowest BCUT2D eigenvalue weighted by molar-refractivity contribution is 0.244. The predicted octanol–water partition coefficient (Wildman–Crippen LogP) is 3.21. The van der Waals surface area contributed by atoms with Crippen LogP contribution in [0.4, 0.5) is 0 Å². The van der Waals surface area contributed by atoms with Gasteiger partial charge in [-0.25, -0.2) is 0 Å². The number of hydrogen-bond acceptors (Lipinski definition) is 2. The highest BCUT2D eigenvalue weighted by Crippen LogP contribution is 2.18. The SMILES string of the molecule is CCNC(CC)CCCN1CCc2ccccc2C1. The molecule has 2 heteroatoms. The molecule has 0 aliphatic carbocycles. The van der Waals surface area contributed by atoms with Crippen molar-refractivity contribution in [1.82, 2.24) is 10.2 Å². The Bertz CT molecular complexity index is 375. The average Bonchev–Trinajstić information content (AvgIpc) is 2.46. The summed E-state index contributed by atoms with van der Waals surface area (Å²) in [5.74, 6) is 0. The Hall–Kier alpha value is -0.860. The molecule has 0 saturated carbocycles. The molecule has 1 aliphatic heterocycles. The molecule has 1 heterocycles. The van der Waals surface area contributed by atoms with Gasteiger partial charge in [0, 0.05) is 19.1 Å². The zero-order valence-corrected chi connectivity index (χ0v) is 12.5. The molecule has 0 radical (unpaired) electrons. The second-order valence-corrected chi connectivity index (χ2v) is 5.60. The van der Waals surface area contributed by atoms with Crippen LogP contribution in [0.2, 0.25) is 0 Å². The van der Waals surface area contributed by atoms with Crippen LogP contribution in [0.1, 0.15) is 44.2 Å². The van der Waals surface area contributed by atoms with Crippen LogP contribution in [0.15, 0.2) is 24.3 Å². The van der Waals surface area contributed by atoms with Gasteiger partial charge in [-0.1, -0.05) is 38.1 Å². The van der Waals surface area contributed by atoms with Crippen LogP contribution in [0.3, 0.4) is 0 Å². The maximum absolute atomic E-state index is 3.57. The summed E-state index contributed by atoms with van der Waals surface area (Å²) in [7, 11) is 0. The summed E-state index contributed by atoms with van der Waals surface area (Å²) in [5, 5.41) is 3.57.